The van der Waals surface area contributed by atoms with E-state index < -0.39 is 6.10 Å². The first-order valence-electron chi connectivity index (χ1n) is 10.1. The van der Waals surface area contributed by atoms with Crippen LogP contribution in [0, 0.1) is 0 Å². The van der Waals surface area contributed by atoms with E-state index in [0.29, 0.717) is 12.0 Å². The van der Waals surface area contributed by atoms with Crippen LogP contribution in [0.2, 0.25) is 0 Å². The number of hydrogen-bond acceptors (Lipinski definition) is 5. The number of rotatable bonds is 6. The Balaban J connectivity index is 1.91. The molecule has 0 aliphatic carbocycles. The van der Waals surface area contributed by atoms with E-state index in [4.69, 9.17) is 4.74 Å². The van der Waals surface area contributed by atoms with Crippen LogP contribution in [-0.4, -0.2) is 21.1 Å². The summed E-state index contributed by atoms with van der Waals surface area (Å²) in [5.41, 5.74) is 3.80. The summed E-state index contributed by atoms with van der Waals surface area (Å²) < 4.78 is 6.10. The molecule has 2 aromatic rings. The summed E-state index contributed by atoms with van der Waals surface area (Å²) in [6, 6.07) is 7.70. The molecular formula is C25H28O5. The molecule has 1 heterocycles. The number of phenols is 3. The van der Waals surface area contributed by atoms with Crippen LogP contribution < -0.4 is 4.74 Å². The number of carbonyl (C=O) groups is 1. The van der Waals surface area contributed by atoms with E-state index in [0.717, 1.165) is 18.4 Å². The molecule has 5 nitrogen and oxygen atoms in total. The molecule has 1 unspecified atom stereocenters. The molecule has 1 aliphatic rings. The van der Waals surface area contributed by atoms with Crippen molar-refractivity contribution in [3.05, 3.63) is 70.3 Å². The van der Waals surface area contributed by atoms with Crippen LogP contribution >= 0.6 is 0 Å². The second kappa shape index (κ2) is 9.08. The molecule has 2 aromatic carbocycles. The maximum Gasteiger partial charge on any atom is 0.174 e. The Labute approximate surface area is 177 Å². The van der Waals surface area contributed by atoms with Crippen LogP contribution in [0.1, 0.15) is 67.6 Å². The van der Waals surface area contributed by atoms with Crippen LogP contribution in [0.25, 0.3) is 0 Å². The third kappa shape index (κ3) is 4.85. The van der Waals surface area contributed by atoms with Crippen LogP contribution in [0.3, 0.4) is 0 Å². The molecular weight excluding hydrogens is 380 g/mol. The topological polar surface area (TPSA) is 87.0 Å². The standard InChI is InChI=1S/C25H28O5/c1-15(2)5-4-6-16(3)7-12-19-20(27)13-21(28)24-22(29)14-23(30-25(19)24)17-8-10-18(26)11-9-17/h5,7-11,13,23,26-28H,4,6,12,14H2,1-3H3/b16-7+. The Kier molecular flexibility index (Phi) is 6.50. The van der Waals surface area contributed by atoms with Gasteiger partial charge in [0.1, 0.15) is 34.7 Å². The number of phenolic OH excluding ortho intramolecular Hbond substituents is 3. The first-order chi connectivity index (χ1) is 14.3. The molecule has 0 saturated heterocycles. The second-order valence-corrected chi connectivity index (χ2v) is 8.00. The van der Waals surface area contributed by atoms with Gasteiger partial charge in [0.15, 0.2) is 5.78 Å². The Morgan fingerprint density at radius 1 is 1.07 bits per heavy atom. The first kappa shape index (κ1) is 21.5. The molecule has 1 aliphatic heterocycles. The smallest absolute Gasteiger partial charge is 0.174 e. The summed E-state index contributed by atoms with van der Waals surface area (Å²) in [6.07, 6.45) is 5.97. The predicted molar refractivity (Wildman–Crippen MR) is 116 cm³/mol. The van der Waals surface area contributed by atoms with Crippen molar-refractivity contribution >= 4 is 5.78 Å². The first-order valence-corrected chi connectivity index (χ1v) is 10.1. The van der Waals surface area contributed by atoms with Gasteiger partial charge in [-0.2, -0.15) is 0 Å². The van der Waals surface area contributed by atoms with Gasteiger partial charge in [-0.1, -0.05) is 35.4 Å². The summed E-state index contributed by atoms with van der Waals surface area (Å²) >= 11 is 0. The van der Waals surface area contributed by atoms with Gasteiger partial charge in [-0.05, 0) is 57.7 Å². The van der Waals surface area contributed by atoms with Gasteiger partial charge in [0.25, 0.3) is 0 Å². The molecule has 0 amide bonds. The highest BCUT2D eigenvalue weighted by molar-refractivity contribution is 6.03. The second-order valence-electron chi connectivity index (χ2n) is 8.00. The van der Waals surface area contributed by atoms with Crippen molar-refractivity contribution in [2.75, 3.05) is 0 Å². The van der Waals surface area contributed by atoms with E-state index in [9.17, 15) is 20.1 Å². The van der Waals surface area contributed by atoms with Crippen molar-refractivity contribution in [1.29, 1.82) is 0 Å². The fraction of sp³-hybridized carbons (Fsp3) is 0.320. The number of Topliss-reactive ketones (excluding diaryl/α,β-unsaturated/α-hetero) is 1. The van der Waals surface area contributed by atoms with Gasteiger partial charge in [0.2, 0.25) is 0 Å². The van der Waals surface area contributed by atoms with Crippen LogP contribution in [0.5, 0.6) is 23.0 Å². The summed E-state index contributed by atoms with van der Waals surface area (Å²) in [7, 11) is 0. The lowest BCUT2D eigenvalue weighted by molar-refractivity contribution is 0.0842. The Morgan fingerprint density at radius 3 is 2.43 bits per heavy atom. The average Bonchev–Trinajstić information content (AvgIpc) is 2.67. The maximum absolute atomic E-state index is 12.8. The summed E-state index contributed by atoms with van der Waals surface area (Å²) in [5.74, 6) is -0.248. The quantitative estimate of drug-likeness (QED) is 0.530. The summed E-state index contributed by atoms with van der Waals surface area (Å²) in [5, 5.41) is 30.2. The lowest BCUT2D eigenvalue weighted by Gasteiger charge is -2.28. The summed E-state index contributed by atoms with van der Waals surface area (Å²) in [4.78, 5) is 12.8. The van der Waals surface area contributed by atoms with E-state index in [-0.39, 0.29) is 40.8 Å². The SMILES string of the molecule is CC(C)=CCC/C(C)=C/Cc1c(O)cc(O)c2c1OC(c1ccc(O)cc1)CC2=O. The van der Waals surface area contributed by atoms with Gasteiger partial charge in [-0.15, -0.1) is 0 Å². The van der Waals surface area contributed by atoms with Crippen molar-refractivity contribution in [1.82, 2.24) is 0 Å². The highest BCUT2D eigenvalue weighted by Crippen LogP contribution is 2.45. The van der Waals surface area contributed by atoms with Crippen molar-refractivity contribution in [3.63, 3.8) is 0 Å². The van der Waals surface area contributed by atoms with E-state index in [1.54, 1.807) is 12.1 Å². The van der Waals surface area contributed by atoms with Crippen molar-refractivity contribution < 1.29 is 24.9 Å². The minimum atomic E-state index is -0.548. The summed E-state index contributed by atoms with van der Waals surface area (Å²) in [6.45, 7) is 6.17. The molecule has 3 rings (SSSR count). The van der Waals surface area contributed by atoms with E-state index in [1.165, 1.54) is 29.3 Å². The highest BCUT2D eigenvalue weighted by atomic mass is 16.5. The number of allylic oxidation sites excluding steroid dienone is 4. The van der Waals surface area contributed by atoms with Gasteiger partial charge in [-0.3, -0.25) is 4.79 Å². The van der Waals surface area contributed by atoms with Crippen molar-refractivity contribution in [2.45, 2.75) is 52.6 Å². The molecule has 5 heteroatoms. The molecule has 0 bridgehead atoms. The maximum atomic E-state index is 12.8. The lowest BCUT2D eigenvalue weighted by atomic mass is 9.92. The fourth-order valence-corrected chi connectivity index (χ4v) is 3.57. The van der Waals surface area contributed by atoms with E-state index >= 15 is 0 Å². The number of aromatic hydroxyl groups is 3. The number of hydrogen-bond donors (Lipinski definition) is 3. The third-order valence-corrected chi connectivity index (χ3v) is 5.26. The van der Waals surface area contributed by atoms with Gasteiger partial charge >= 0.3 is 0 Å². The minimum absolute atomic E-state index is 0.0765. The average molecular weight is 408 g/mol. The molecule has 0 radical (unpaired) electrons. The zero-order valence-electron chi connectivity index (χ0n) is 17.6. The van der Waals surface area contributed by atoms with Gasteiger partial charge in [0.05, 0.1) is 6.42 Å². The molecule has 0 fully saturated rings. The number of ether oxygens (including phenoxy) is 1. The molecule has 0 saturated carbocycles. The minimum Gasteiger partial charge on any atom is -0.508 e. The van der Waals surface area contributed by atoms with E-state index in [1.807, 2.05) is 13.0 Å². The van der Waals surface area contributed by atoms with E-state index in [2.05, 4.69) is 19.9 Å². The number of fused-ring (bicyclic) bond motifs is 1. The number of benzene rings is 2. The fourth-order valence-electron chi connectivity index (χ4n) is 3.57. The highest BCUT2D eigenvalue weighted by Gasteiger charge is 2.33. The van der Waals surface area contributed by atoms with Gasteiger partial charge < -0.3 is 20.1 Å². The molecule has 3 N–H and O–H groups in total. The van der Waals surface area contributed by atoms with Crippen molar-refractivity contribution in [3.8, 4) is 23.0 Å². The molecule has 30 heavy (non-hydrogen) atoms. The zero-order valence-corrected chi connectivity index (χ0v) is 17.6. The van der Waals surface area contributed by atoms with Crippen molar-refractivity contribution in [2.24, 2.45) is 0 Å². The van der Waals surface area contributed by atoms with Gasteiger partial charge in [0, 0.05) is 11.6 Å². The monoisotopic (exact) mass is 408 g/mol. The molecule has 1 atom stereocenters. The Hall–Kier alpha value is -3.21. The van der Waals surface area contributed by atoms with Crippen LogP contribution in [0.4, 0.5) is 0 Å². The number of carbonyl (C=O) groups excluding carboxylic acids is 1. The van der Waals surface area contributed by atoms with Crippen LogP contribution in [0.15, 0.2) is 53.6 Å². The molecule has 158 valence electrons. The normalized spacial score (nSPS) is 16.0. The Morgan fingerprint density at radius 2 is 1.77 bits per heavy atom. The Bertz CT molecular complexity index is 995. The number of ketones is 1. The molecule has 0 aromatic heterocycles. The lowest BCUT2D eigenvalue weighted by Crippen LogP contribution is -2.21. The van der Waals surface area contributed by atoms with Gasteiger partial charge in [-0.25, -0.2) is 0 Å². The largest absolute Gasteiger partial charge is 0.508 e. The van der Waals surface area contributed by atoms with Crippen LogP contribution in [-0.2, 0) is 6.42 Å². The molecule has 0 spiro atoms. The zero-order chi connectivity index (χ0) is 21.8. The predicted octanol–water partition coefficient (Wildman–Crippen LogP) is 5.75. The third-order valence-electron chi connectivity index (χ3n) is 5.26.